The molecule has 3 nitrogen and oxygen atoms in total. The molecule has 3 heteroatoms. The van der Waals surface area contributed by atoms with Gasteiger partial charge in [-0.1, -0.05) is 57.4 Å². The Kier molecular flexibility index (Phi) is 19.8. The first-order chi connectivity index (χ1) is 10.9. The normalized spacial score (nSPS) is 11.9. The van der Waals surface area contributed by atoms with Crippen LogP contribution in [0.4, 0.5) is 0 Å². The van der Waals surface area contributed by atoms with Gasteiger partial charge >= 0.3 is 0 Å². The fourth-order valence-corrected chi connectivity index (χ4v) is 2.16. The molecule has 0 radical (unpaired) electrons. The van der Waals surface area contributed by atoms with Gasteiger partial charge in [0, 0.05) is 19.6 Å². The molecule has 0 saturated heterocycles. The number of nitrogens with one attached hydrogen (secondary N) is 3. The van der Waals surface area contributed by atoms with Gasteiger partial charge in [0.15, 0.2) is 0 Å². The summed E-state index contributed by atoms with van der Waals surface area (Å²) in [4.78, 5) is 0. The Morgan fingerprint density at radius 3 is 1.77 bits per heavy atom. The second kappa shape index (κ2) is 20.4. The Morgan fingerprint density at radius 1 is 0.591 bits per heavy atom. The Hall–Kier alpha value is -0.640. The minimum atomic E-state index is 0.980. The van der Waals surface area contributed by atoms with E-state index in [0.717, 1.165) is 39.3 Å². The van der Waals surface area contributed by atoms with Gasteiger partial charge in [-0.2, -0.15) is 0 Å². The molecule has 0 amide bonds. The fraction of sp³-hybridized carbons (Fsp3) is 0.789. The van der Waals surface area contributed by atoms with E-state index in [4.69, 9.17) is 0 Å². The molecular formula is C19H39N3. The van der Waals surface area contributed by atoms with Gasteiger partial charge in [-0.05, 0) is 45.3 Å². The highest BCUT2D eigenvalue weighted by Crippen LogP contribution is 2.02. The van der Waals surface area contributed by atoms with Crippen molar-refractivity contribution >= 4 is 0 Å². The third-order valence-corrected chi connectivity index (χ3v) is 3.55. The number of likely N-dealkylation sites (N-methyl/N-ethyl adjacent to an activating group) is 1. The van der Waals surface area contributed by atoms with Crippen LogP contribution in [0.25, 0.3) is 0 Å². The Morgan fingerprint density at radius 2 is 1.18 bits per heavy atom. The number of hydrogen-bond acceptors (Lipinski definition) is 3. The van der Waals surface area contributed by atoms with Gasteiger partial charge in [-0.25, -0.2) is 0 Å². The van der Waals surface area contributed by atoms with Crippen LogP contribution in [0.5, 0.6) is 0 Å². The average Bonchev–Trinajstić information content (AvgIpc) is 2.54. The van der Waals surface area contributed by atoms with Crippen molar-refractivity contribution < 1.29 is 0 Å². The summed E-state index contributed by atoms with van der Waals surface area (Å²) < 4.78 is 0. The predicted molar refractivity (Wildman–Crippen MR) is 101 cm³/mol. The average molecular weight is 310 g/mol. The van der Waals surface area contributed by atoms with Crippen molar-refractivity contribution in [1.29, 1.82) is 0 Å². The molecule has 3 N–H and O–H groups in total. The van der Waals surface area contributed by atoms with Gasteiger partial charge in [-0.3, -0.25) is 0 Å². The Balaban J connectivity index is 3.08. The van der Waals surface area contributed by atoms with Crippen molar-refractivity contribution in [1.82, 2.24) is 16.0 Å². The van der Waals surface area contributed by atoms with E-state index in [1.54, 1.807) is 0 Å². The zero-order valence-electron chi connectivity index (χ0n) is 15.0. The Labute approximate surface area is 139 Å². The van der Waals surface area contributed by atoms with E-state index in [-0.39, 0.29) is 0 Å². The van der Waals surface area contributed by atoms with Crippen molar-refractivity contribution in [3.63, 3.8) is 0 Å². The van der Waals surface area contributed by atoms with Crippen molar-refractivity contribution in [2.45, 2.75) is 58.8 Å². The second-order valence-corrected chi connectivity index (χ2v) is 5.72. The van der Waals surface area contributed by atoms with Crippen molar-refractivity contribution in [2.24, 2.45) is 0 Å². The molecule has 130 valence electrons. The first kappa shape index (κ1) is 21.4. The van der Waals surface area contributed by atoms with E-state index in [2.05, 4.69) is 54.1 Å². The molecule has 0 rings (SSSR count). The van der Waals surface area contributed by atoms with Crippen LogP contribution >= 0.6 is 0 Å². The lowest BCUT2D eigenvalue weighted by atomic mass is 10.1. The highest BCUT2D eigenvalue weighted by molar-refractivity contribution is 4.85. The summed E-state index contributed by atoms with van der Waals surface area (Å²) >= 11 is 0. The minimum Gasteiger partial charge on any atom is -0.314 e. The number of hydrogen-bond donors (Lipinski definition) is 3. The summed E-state index contributed by atoms with van der Waals surface area (Å²) in [6.07, 6.45) is 18.2. The van der Waals surface area contributed by atoms with Crippen molar-refractivity contribution in [3.8, 4) is 0 Å². The maximum Gasteiger partial charge on any atom is 0.0135 e. The second-order valence-electron chi connectivity index (χ2n) is 5.72. The lowest BCUT2D eigenvalue weighted by Crippen LogP contribution is -2.19. The smallest absolute Gasteiger partial charge is 0.0135 e. The molecular weight excluding hydrogens is 270 g/mol. The van der Waals surface area contributed by atoms with Gasteiger partial charge in [0.25, 0.3) is 0 Å². The van der Waals surface area contributed by atoms with Crippen LogP contribution in [0.2, 0.25) is 0 Å². The van der Waals surface area contributed by atoms with Gasteiger partial charge in [-0.15, -0.1) is 0 Å². The van der Waals surface area contributed by atoms with Crippen molar-refractivity contribution in [3.05, 3.63) is 24.3 Å². The first-order valence-corrected chi connectivity index (χ1v) is 9.34. The molecule has 22 heavy (non-hydrogen) atoms. The molecule has 0 unspecified atom stereocenters. The van der Waals surface area contributed by atoms with Gasteiger partial charge < -0.3 is 16.0 Å². The summed E-state index contributed by atoms with van der Waals surface area (Å²) in [6, 6.07) is 0. The van der Waals surface area contributed by atoms with Crippen LogP contribution in [-0.4, -0.2) is 39.3 Å². The van der Waals surface area contributed by atoms with E-state index in [1.807, 2.05) is 0 Å². The maximum absolute atomic E-state index is 3.48. The molecule has 0 aromatic carbocycles. The molecule has 0 aliphatic heterocycles. The predicted octanol–water partition coefficient (Wildman–Crippen LogP) is 3.64. The van der Waals surface area contributed by atoms with Gasteiger partial charge in [0.05, 0.1) is 0 Å². The number of unbranched alkanes of at least 4 members (excludes halogenated alkanes) is 5. The van der Waals surface area contributed by atoms with Crippen LogP contribution in [-0.2, 0) is 0 Å². The SMILES string of the molecule is CCCCCC/C=C\CNCCCCNC/C=C\CNCC. The van der Waals surface area contributed by atoms with Gasteiger partial charge in [0.2, 0.25) is 0 Å². The summed E-state index contributed by atoms with van der Waals surface area (Å²) in [7, 11) is 0. The van der Waals surface area contributed by atoms with E-state index in [1.165, 1.54) is 44.9 Å². The maximum atomic E-state index is 3.48. The number of allylic oxidation sites excluding steroid dienone is 1. The van der Waals surface area contributed by atoms with Crippen LogP contribution in [0, 0.1) is 0 Å². The molecule has 0 spiro atoms. The van der Waals surface area contributed by atoms with Gasteiger partial charge in [0.1, 0.15) is 0 Å². The fourth-order valence-electron chi connectivity index (χ4n) is 2.16. The van der Waals surface area contributed by atoms with Crippen LogP contribution < -0.4 is 16.0 Å². The molecule has 0 bridgehead atoms. The standard InChI is InChI=1S/C19H39N3/c1-3-5-6-7-8-9-10-16-21-18-13-14-19-22-17-12-11-15-20-4-2/h9-12,20-22H,3-8,13-19H2,1-2H3/b10-9-,12-11-. The third-order valence-electron chi connectivity index (χ3n) is 3.55. The zero-order valence-corrected chi connectivity index (χ0v) is 15.0. The summed E-state index contributed by atoms with van der Waals surface area (Å²) in [5, 5.41) is 10.2. The third kappa shape index (κ3) is 19.4. The topological polar surface area (TPSA) is 36.1 Å². The molecule has 0 aromatic rings. The van der Waals surface area contributed by atoms with E-state index in [0.29, 0.717) is 0 Å². The summed E-state index contributed by atoms with van der Waals surface area (Å²) in [6.45, 7) is 10.7. The summed E-state index contributed by atoms with van der Waals surface area (Å²) in [5.74, 6) is 0. The molecule has 0 fully saturated rings. The van der Waals surface area contributed by atoms with E-state index < -0.39 is 0 Å². The molecule has 0 aliphatic rings. The lowest BCUT2D eigenvalue weighted by molar-refractivity contribution is 0.616. The molecule has 0 saturated carbocycles. The largest absolute Gasteiger partial charge is 0.314 e. The Bertz CT molecular complexity index is 249. The van der Waals surface area contributed by atoms with Crippen molar-refractivity contribution in [2.75, 3.05) is 39.3 Å². The number of rotatable bonds is 17. The first-order valence-electron chi connectivity index (χ1n) is 9.34. The molecule has 0 heterocycles. The quantitative estimate of drug-likeness (QED) is 0.284. The van der Waals surface area contributed by atoms with Crippen LogP contribution in [0.3, 0.4) is 0 Å². The highest BCUT2D eigenvalue weighted by atomic mass is 14.9. The van der Waals surface area contributed by atoms with E-state index in [9.17, 15) is 0 Å². The monoisotopic (exact) mass is 309 g/mol. The molecule has 0 atom stereocenters. The zero-order chi connectivity index (χ0) is 16.1. The van der Waals surface area contributed by atoms with E-state index >= 15 is 0 Å². The lowest BCUT2D eigenvalue weighted by Gasteiger charge is -2.03. The van der Waals surface area contributed by atoms with Crippen LogP contribution in [0.15, 0.2) is 24.3 Å². The minimum absolute atomic E-state index is 0.980. The molecule has 0 aromatic heterocycles. The summed E-state index contributed by atoms with van der Waals surface area (Å²) in [5.41, 5.74) is 0. The molecule has 0 aliphatic carbocycles. The van der Waals surface area contributed by atoms with Crippen LogP contribution in [0.1, 0.15) is 58.8 Å². The highest BCUT2D eigenvalue weighted by Gasteiger charge is 1.88.